The predicted octanol–water partition coefficient (Wildman–Crippen LogP) is 5.27. The highest BCUT2D eigenvalue weighted by atomic mass is 35.5. The molecule has 0 bridgehead atoms. The Labute approximate surface area is 196 Å². The fraction of sp³-hybridized carbons (Fsp3) is 0.136. The minimum atomic E-state index is -4.60. The molecule has 8 nitrogen and oxygen atoms in total. The number of esters is 1. The first-order valence-corrected chi connectivity index (χ1v) is 10.1. The van der Waals surface area contributed by atoms with E-state index in [0.717, 1.165) is 18.2 Å². The van der Waals surface area contributed by atoms with Crippen molar-refractivity contribution in [2.45, 2.75) is 13.1 Å². The standard InChI is InChI=1S/C22H18ClF3N4O4/c1-2-34-20(32)14-10-28-18(19(27)31)17(14)11-3-6-13(7-4-11)29-21(33)30-16-9-12(22(24,25)26)5-8-15(16)23/h3-10,28H,2H2,1H3,(H2,27,31)(H2,29,30,33). The van der Waals surface area contributed by atoms with Crippen molar-refractivity contribution in [1.82, 2.24) is 4.98 Å². The molecule has 0 aliphatic rings. The van der Waals surface area contributed by atoms with Gasteiger partial charge < -0.3 is 26.1 Å². The smallest absolute Gasteiger partial charge is 0.416 e. The van der Waals surface area contributed by atoms with E-state index < -0.39 is 29.6 Å². The summed E-state index contributed by atoms with van der Waals surface area (Å²) in [4.78, 5) is 39.0. The normalized spacial score (nSPS) is 11.1. The third kappa shape index (κ3) is 5.49. The van der Waals surface area contributed by atoms with E-state index in [1.54, 1.807) is 6.92 Å². The first-order chi connectivity index (χ1) is 16.0. The van der Waals surface area contributed by atoms with Crippen molar-refractivity contribution in [2.24, 2.45) is 5.73 Å². The summed E-state index contributed by atoms with van der Waals surface area (Å²) < 4.78 is 43.7. The molecule has 12 heteroatoms. The Morgan fingerprint density at radius 1 is 1.09 bits per heavy atom. The number of carbonyl (C=O) groups is 3. The third-order valence-electron chi connectivity index (χ3n) is 4.60. The van der Waals surface area contributed by atoms with Crippen molar-refractivity contribution in [3.8, 4) is 11.1 Å². The number of halogens is 4. The maximum Gasteiger partial charge on any atom is 0.416 e. The number of carbonyl (C=O) groups excluding carboxylic acids is 3. The molecule has 34 heavy (non-hydrogen) atoms. The summed E-state index contributed by atoms with van der Waals surface area (Å²) in [7, 11) is 0. The summed E-state index contributed by atoms with van der Waals surface area (Å²) >= 11 is 5.89. The Kier molecular flexibility index (Phi) is 7.16. The van der Waals surface area contributed by atoms with Crippen LogP contribution in [0.15, 0.2) is 48.7 Å². The molecule has 1 heterocycles. The molecular weight excluding hydrogens is 477 g/mol. The number of nitrogens with two attached hydrogens (primary N) is 1. The monoisotopic (exact) mass is 494 g/mol. The Morgan fingerprint density at radius 2 is 1.76 bits per heavy atom. The highest BCUT2D eigenvalue weighted by Gasteiger charge is 2.31. The van der Waals surface area contributed by atoms with Crippen LogP contribution in [0.1, 0.15) is 33.3 Å². The third-order valence-corrected chi connectivity index (χ3v) is 4.92. The molecule has 0 aliphatic carbocycles. The number of aromatic nitrogens is 1. The summed E-state index contributed by atoms with van der Waals surface area (Å²) in [5, 5.41) is 4.66. The van der Waals surface area contributed by atoms with Gasteiger partial charge in [0.2, 0.25) is 0 Å². The van der Waals surface area contributed by atoms with Gasteiger partial charge in [0.25, 0.3) is 5.91 Å². The molecule has 0 fully saturated rings. The lowest BCUT2D eigenvalue weighted by atomic mass is 10.0. The van der Waals surface area contributed by atoms with Gasteiger partial charge in [0.05, 0.1) is 28.4 Å². The zero-order valence-electron chi connectivity index (χ0n) is 17.5. The summed E-state index contributed by atoms with van der Waals surface area (Å²) in [5.74, 6) is -1.44. The van der Waals surface area contributed by atoms with Crippen LogP contribution in [0.3, 0.4) is 0 Å². The largest absolute Gasteiger partial charge is 0.462 e. The second-order valence-electron chi connectivity index (χ2n) is 6.89. The Morgan fingerprint density at radius 3 is 2.35 bits per heavy atom. The minimum absolute atomic E-state index is 0.000642. The van der Waals surface area contributed by atoms with Gasteiger partial charge in [-0.3, -0.25) is 4.79 Å². The van der Waals surface area contributed by atoms with E-state index in [0.29, 0.717) is 5.56 Å². The number of H-pyrrole nitrogens is 1. The average molecular weight is 495 g/mol. The van der Waals surface area contributed by atoms with Crippen LogP contribution >= 0.6 is 11.6 Å². The minimum Gasteiger partial charge on any atom is -0.462 e. The molecule has 0 spiro atoms. The molecule has 0 unspecified atom stereocenters. The van der Waals surface area contributed by atoms with Crippen LogP contribution in [0.4, 0.5) is 29.3 Å². The number of ether oxygens (including phenoxy) is 1. The quantitative estimate of drug-likeness (QED) is 0.348. The maximum atomic E-state index is 12.9. The first-order valence-electron chi connectivity index (χ1n) is 9.74. The van der Waals surface area contributed by atoms with Crippen molar-refractivity contribution in [2.75, 3.05) is 17.2 Å². The summed E-state index contributed by atoms with van der Waals surface area (Å²) in [6, 6.07) is 7.69. The number of nitrogens with one attached hydrogen (secondary N) is 3. The van der Waals surface area contributed by atoms with Crippen LogP contribution in [0.2, 0.25) is 5.02 Å². The van der Waals surface area contributed by atoms with E-state index >= 15 is 0 Å². The molecule has 0 aliphatic heterocycles. The average Bonchev–Trinajstić information content (AvgIpc) is 3.21. The predicted molar refractivity (Wildman–Crippen MR) is 120 cm³/mol. The molecule has 3 amide bonds. The number of benzene rings is 2. The fourth-order valence-corrected chi connectivity index (χ4v) is 3.25. The fourth-order valence-electron chi connectivity index (χ4n) is 3.09. The number of rotatable bonds is 6. The lowest BCUT2D eigenvalue weighted by Crippen LogP contribution is -2.20. The molecule has 2 aromatic carbocycles. The van der Waals surface area contributed by atoms with E-state index in [1.165, 1.54) is 30.5 Å². The molecule has 0 radical (unpaired) electrons. The summed E-state index contributed by atoms with van der Waals surface area (Å²) in [6.45, 7) is 1.76. The molecular formula is C22H18ClF3N4O4. The van der Waals surface area contributed by atoms with E-state index in [4.69, 9.17) is 22.1 Å². The Bertz CT molecular complexity index is 1240. The number of hydrogen-bond donors (Lipinski definition) is 4. The van der Waals surface area contributed by atoms with Crippen LogP contribution < -0.4 is 16.4 Å². The number of aromatic amines is 1. The number of amides is 3. The number of hydrogen-bond acceptors (Lipinski definition) is 4. The lowest BCUT2D eigenvalue weighted by molar-refractivity contribution is -0.137. The second kappa shape index (κ2) is 9.87. The summed E-state index contributed by atoms with van der Waals surface area (Å²) in [5.41, 5.74) is 5.25. The lowest BCUT2D eigenvalue weighted by Gasteiger charge is -2.13. The second-order valence-corrected chi connectivity index (χ2v) is 7.29. The molecule has 0 atom stereocenters. The summed E-state index contributed by atoms with van der Waals surface area (Å²) in [6.07, 6.45) is -3.29. The Hall–Kier alpha value is -3.99. The van der Waals surface area contributed by atoms with Crippen LogP contribution in [-0.2, 0) is 10.9 Å². The Balaban J connectivity index is 1.80. The zero-order chi connectivity index (χ0) is 25.0. The number of urea groups is 1. The van der Waals surface area contributed by atoms with Gasteiger partial charge >= 0.3 is 18.2 Å². The highest BCUT2D eigenvalue weighted by molar-refractivity contribution is 6.33. The van der Waals surface area contributed by atoms with Gasteiger partial charge in [-0.15, -0.1) is 0 Å². The van der Waals surface area contributed by atoms with E-state index in [1.807, 2.05) is 0 Å². The maximum absolute atomic E-state index is 12.9. The van der Waals surface area contributed by atoms with Crippen molar-refractivity contribution < 1.29 is 32.3 Å². The van der Waals surface area contributed by atoms with Crippen molar-refractivity contribution in [3.63, 3.8) is 0 Å². The molecule has 178 valence electrons. The van der Waals surface area contributed by atoms with Crippen molar-refractivity contribution in [3.05, 3.63) is 70.5 Å². The van der Waals surface area contributed by atoms with Crippen LogP contribution in [-0.4, -0.2) is 29.5 Å². The van der Waals surface area contributed by atoms with E-state index in [9.17, 15) is 27.6 Å². The molecule has 5 N–H and O–H groups in total. The van der Waals surface area contributed by atoms with Gasteiger partial charge in [0.1, 0.15) is 5.69 Å². The van der Waals surface area contributed by atoms with Gasteiger partial charge in [-0.2, -0.15) is 13.2 Å². The van der Waals surface area contributed by atoms with Crippen molar-refractivity contribution in [1.29, 1.82) is 0 Å². The van der Waals surface area contributed by atoms with Crippen LogP contribution in [0.5, 0.6) is 0 Å². The van der Waals surface area contributed by atoms with Gasteiger partial charge in [0.15, 0.2) is 0 Å². The molecule has 0 saturated heterocycles. The number of anilines is 2. The SMILES string of the molecule is CCOC(=O)c1c[nH]c(C(N)=O)c1-c1ccc(NC(=O)Nc2cc(C(F)(F)F)ccc2Cl)cc1. The zero-order valence-corrected chi connectivity index (χ0v) is 18.3. The van der Waals surface area contributed by atoms with Gasteiger partial charge in [0, 0.05) is 17.4 Å². The first kappa shape index (κ1) is 24.6. The van der Waals surface area contributed by atoms with Crippen LogP contribution in [0, 0.1) is 0 Å². The number of alkyl halides is 3. The molecule has 1 aromatic heterocycles. The van der Waals surface area contributed by atoms with Crippen molar-refractivity contribution >= 4 is 40.9 Å². The van der Waals surface area contributed by atoms with Crippen LogP contribution in [0.25, 0.3) is 11.1 Å². The molecule has 0 saturated carbocycles. The van der Waals surface area contributed by atoms with Gasteiger partial charge in [-0.25, -0.2) is 9.59 Å². The topological polar surface area (TPSA) is 126 Å². The van der Waals surface area contributed by atoms with Gasteiger partial charge in [-0.05, 0) is 42.8 Å². The van der Waals surface area contributed by atoms with Gasteiger partial charge in [-0.1, -0.05) is 23.7 Å². The highest BCUT2D eigenvalue weighted by Crippen LogP contribution is 2.34. The molecule has 3 rings (SSSR count). The van der Waals surface area contributed by atoms with E-state index in [-0.39, 0.29) is 39.8 Å². The number of primary amides is 1. The van der Waals surface area contributed by atoms with E-state index in [2.05, 4.69) is 15.6 Å². The molecule has 3 aromatic rings.